The van der Waals surface area contributed by atoms with E-state index in [1.807, 2.05) is 6.07 Å². The smallest absolute Gasteiger partial charge is 0.242 e. The molecule has 126 valence electrons. The number of hydrogen-bond acceptors (Lipinski definition) is 3. The second-order valence-electron chi connectivity index (χ2n) is 5.71. The molecule has 1 saturated heterocycles. The van der Waals surface area contributed by atoms with Crippen LogP contribution < -0.4 is 10.0 Å². The molecule has 22 heavy (non-hydrogen) atoms. The van der Waals surface area contributed by atoms with Crippen LogP contribution in [-0.2, 0) is 16.4 Å². The second-order valence-corrected chi connectivity index (χ2v) is 7.80. The minimum atomic E-state index is -3.57. The summed E-state index contributed by atoms with van der Waals surface area (Å²) in [5.74, 6) is 0.270. The lowest BCUT2D eigenvalue weighted by Gasteiger charge is -2.30. The Bertz CT molecular complexity index is 593. The molecule has 0 amide bonds. The number of nitrogens with one attached hydrogen (secondary N) is 2. The molecule has 0 aliphatic carbocycles. The summed E-state index contributed by atoms with van der Waals surface area (Å²) in [5, 5.41) is 3.55. The first kappa shape index (κ1) is 19.7. The molecule has 0 saturated carbocycles. The summed E-state index contributed by atoms with van der Waals surface area (Å²) < 4.78 is 28.0. The maximum atomic E-state index is 12.6. The fraction of sp³-hybridized carbons (Fsp3) is 0.600. The van der Waals surface area contributed by atoms with Gasteiger partial charge in [0, 0.05) is 6.04 Å². The molecule has 1 fully saturated rings. The lowest BCUT2D eigenvalue weighted by Crippen LogP contribution is -2.48. The Morgan fingerprint density at radius 2 is 2.14 bits per heavy atom. The van der Waals surface area contributed by atoms with Crippen molar-refractivity contribution in [3.8, 4) is 0 Å². The van der Waals surface area contributed by atoms with Crippen LogP contribution in [0.3, 0.4) is 0 Å². The highest BCUT2D eigenvalue weighted by Crippen LogP contribution is 2.24. The maximum Gasteiger partial charge on any atom is 0.242 e. The molecule has 4 nitrogen and oxygen atoms in total. The first-order valence-electron chi connectivity index (χ1n) is 7.45. The van der Waals surface area contributed by atoms with Gasteiger partial charge in [0.25, 0.3) is 0 Å². The lowest BCUT2D eigenvalue weighted by molar-refractivity contribution is 0.328. The molecule has 1 aliphatic heterocycles. The van der Waals surface area contributed by atoms with Gasteiger partial charge in [0.2, 0.25) is 10.0 Å². The molecule has 7 heteroatoms. The molecule has 2 atom stereocenters. The highest BCUT2D eigenvalue weighted by atomic mass is 35.5. The molecule has 2 unspecified atom stereocenters. The minimum absolute atomic E-state index is 0. The van der Waals surface area contributed by atoms with E-state index in [2.05, 4.69) is 23.9 Å². The normalized spacial score (nSPS) is 22.1. The highest BCUT2D eigenvalue weighted by molar-refractivity contribution is 7.89. The van der Waals surface area contributed by atoms with E-state index in [-0.39, 0.29) is 34.3 Å². The Balaban J connectivity index is 0.00000242. The molecule has 0 bridgehead atoms. The van der Waals surface area contributed by atoms with E-state index >= 15 is 0 Å². The van der Waals surface area contributed by atoms with Crippen LogP contribution in [-0.4, -0.2) is 27.5 Å². The molecule has 2 rings (SSSR count). The summed E-state index contributed by atoms with van der Waals surface area (Å²) >= 11 is 6.10. The predicted octanol–water partition coefficient (Wildman–Crippen LogP) is 2.99. The van der Waals surface area contributed by atoms with Crippen molar-refractivity contribution >= 4 is 34.0 Å². The third kappa shape index (κ3) is 4.83. The van der Waals surface area contributed by atoms with Gasteiger partial charge in [0.1, 0.15) is 4.90 Å². The average Bonchev–Trinajstić information content (AvgIpc) is 2.43. The first-order valence-corrected chi connectivity index (χ1v) is 9.31. The van der Waals surface area contributed by atoms with E-state index < -0.39 is 10.0 Å². The SMILES string of the molecule is CCCc1ccc(Cl)c(S(=O)(=O)NC2CCNCC2C)c1.Cl. The van der Waals surface area contributed by atoms with Crippen molar-refractivity contribution in [2.45, 2.75) is 44.0 Å². The van der Waals surface area contributed by atoms with Gasteiger partial charge in [-0.15, -0.1) is 12.4 Å². The molecule has 1 aliphatic rings. The van der Waals surface area contributed by atoms with Crippen LogP contribution in [0.4, 0.5) is 0 Å². The summed E-state index contributed by atoms with van der Waals surface area (Å²) in [4.78, 5) is 0.195. The van der Waals surface area contributed by atoms with E-state index in [9.17, 15) is 8.42 Å². The fourth-order valence-electron chi connectivity index (χ4n) is 2.65. The molecular formula is C15H24Cl2N2O2S. The number of hydrogen-bond donors (Lipinski definition) is 2. The third-order valence-corrected chi connectivity index (χ3v) is 5.89. The number of rotatable bonds is 5. The van der Waals surface area contributed by atoms with Gasteiger partial charge >= 0.3 is 0 Å². The zero-order valence-electron chi connectivity index (χ0n) is 12.9. The van der Waals surface area contributed by atoms with Crippen LogP contribution in [0.15, 0.2) is 23.1 Å². The monoisotopic (exact) mass is 366 g/mol. The van der Waals surface area contributed by atoms with Gasteiger partial charge in [-0.05, 0) is 49.5 Å². The Morgan fingerprint density at radius 3 is 2.77 bits per heavy atom. The molecular weight excluding hydrogens is 343 g/mol. The van der Waals surface area contributed by atoms with Crippen LogP contribution in [0.5, 0.6) is 0 Å². The van der Waals surface area contributed by atoms with Crippen molar-refractivity contribution in [3.63, 3.8) is 0 Å². The highest BCUT2D eigenvalue weighted by Gasteiger charge is 2.28. The zero-order valence-corrected chi connectivity index (χ0v) is 15.3. The summed E-state index contributed by atoms with van der Waals surface area (Å²) in [5.41, 5.74) is 1.00. The van der Waals surface area contributed by atoms with E-state index in [1.165, 1.54) is 0 Å². The Labute approximate surface area is 144 Å². The van der Waals surface area contributed by atoms with Crippen molar-refractivity contribution in [1.82, 2.24) is 10.0 Å². The molecule has 1 aromatic carbocycles. The number of benzene rings is 1. The van der Waals surface area contributed by atoms with Crippen LogP contribution in [0.2, 0.25) is 5.02 Å². The van der Waals surface area contributed by atoms with Crippen molar-refractivity contribution in [2.75, 3.05) is 13.1 Å². The Morgan fingerprint density at radius 1 is 1.41 bits per heavy atom. The molecule has 0 radical (unpaired) electrons. The number of aryl methyl sites for hydroxylation is 1. The van der Waals surface area contributed by atoms with Gasteiger partial charge in [-0.25, -0.2) is 13.1 Å². The van der Waals surface area contributed by atoms with Crippen molar-refractivity contribution in [3.05, 3.63) is 28.8 Å². The standard InChI is InChI=1S/C15H23ClN2O2S.ClH/c1-3-4-12-5-6-13(16)15(9-12)21(19,20)18-14-7-8-17-10-11(14)2;/h5-6,9,11,14,17-18H,3-4,7-8,10H2,1-2H3;1H. The van der Waals surface area contributed by atoms with E-state index in [1.54, 1.807) is 12.1 Å². The van der Waals surface area contributed by atoms with Crippen molar-refractivity contribution in [1.29, 1.82) is 0 Å². The fourth-order valence-corrected chi connectivity index (χ4v) is 4.58. The molecule has 1 aromatic rings. The second kappa shape index (κ2) is 8.50. The van der Waals surface area contributed by atoms with Crippen molar-refractivity contribution in [2.24, 2.45) is 5.92 Å². The first-order chi connectivity index (χ1) is 9.94. The van der Waals surface area contributed by atoms with E-state index in [0.717, 1.165) is 37.9 Å². The zero-order chi connectivity index (χ0) is 15.5. The van der Waals surface area contributed by atoms with Crippen molar-refractivity contribution < 1.29 is 8.42 Å². The van der Waals surface area contributed by atoms with Gasteiger partial charge in [0.15, 0.2) is 0 Å². The van der Waals surface area contributed by atoms with Gasteiger partial charge in [-0.1, -0.05) is 37.9 Å². The topological polar surface area (TPSA) is 58.2 Å². The predicted molar refractivity (Wildman–Crippen MR) is 93.5 cm³/mol. The van der Waals surface area contributed by atoms with Crippen LogP contribution in [0, 0.1) is 5.92 Å². The van der Waals surface area contributed by atoms with Crippen LogP contribution in [0.1, 0.15) is 32.3 Å². The van der Waals surface area contributed by atoms with Gasteiger partial charge in [0.05, 0.1) is 5.02 Å². The van der Waals surface area contributed by atoms with E-state index in [0.29, 0.717) is 0 Å². The number of halogens is 2. The quantitative estimate of drug-likeness (QED) is 0.841. The summed E-state index contributed by atoms with van der Waals surface area (Å²) in [6.07, 6.45) is 2.62. The number of sulfonamides is 1. The average molecular weight is 367 g/mol. The van der Waals surface area contributed by atoms with Gasteiger partial charge in [-0.2, -0.15) is 0 Å². The summed E-state index contributed by atoms with van der Waals surface area (Å²) in [7, 11) is -3.57. The Hall–Kier alpha value is -0.330. The molecule has 0 spiro atoms. The van der Waals surface area contributed by atoms with Crippen LogP contribution in [0.25, 0.3) is 0 Å². The summed E-state index contributed by atoms with van der Waals surface area (Å²) in [6, 6.07) is 5.22. The molecule has 1 heterocycles. The van der Waals surface area contributed by atoms with Gasteiger partial charge in [-0.3, -0.25) is 0 Å². The minimum Gasteiger partial charge on any atom is -0.316 e. The third-order valence-electron chi connectivity index (χ3n) is 3.92. The maximum absolute atomic E-state index is 12.6. The lowest BCUT2D eigenvalue weighted by atomic mass is 9.97. The summed E-state index contributed by atoms with van der Waals surface area (Å²) in [6.45, 7) is 5.78. The largest absolute Gasteiger partial charge is 0.316 e. The Kier molecular flexibility index (Phi) is 7.62. The number of piperidine rings is 1. The van der Waals surface area contributed by atoms with Gasteiger partial charge < -0.3 is 5.32 Å². The molecule has 2 N–H and O–H groups in total. The van der Waals surface area contributed by atoms with E-state index in [4.69, 9.17) is 11.6 Å². The van der Waals surface area contributed by atoms with Crippen LogP contribution >= 0.6 is 24.0 Å². The molecule has 0 aromatic heterocycles.